The van der Waals surface area contributed by atoms with E-state index in [2.05, 4.69) is 6.58 Å². The van der Waals surface area contributed by atoms with E-state index in [1.807, 2.05) is 0 Å². The molecular formula is C13H14F4O. The summed E-state index contributed by atoms with van der Waals surface area (Å²) in [5.74, 6) is -1.08. The summed E-state index contributed by atoms with van der Waals surface area (Å²) in [6.07, 6.45) is -4.65. The summed E-state index contributed by atoms with van der Waals surface area (Å²) in [7, 11) is 0. The van der Waals surface area contributed by atoms with Gasteiger partial charge in [0.2, 0.25) is 0 Å². The van der Waals surface area contributed by atoms with Gasteiger partial charge in [-0.2, -0.15) is 13.2 Å². The maximum Gasteiger partial charge on any atom is 0.417 e. The predicted octanol–water partition coefficient (Wildman–Crippen LogP) is 4.82. The zero-order chi connectivity index (χ0) is 14.1. The van der Waals surface area contributed by atoms with Crippen molar-refractivity contribution in [2.75, 3.05) is 0 Å². The minimum absolute atomic E-state index is 0.0415. The Kier molecular flexibility index (Phi) is 3.74. The average molecular weight is 262 g/mol. The van der Waals surface area contributed by atoms with Crippen LogP contribution in [-0.4, -0.2) is 5.60 Å². The summed E-state index contributed by atoms with van der Waals surface area (Å²) in [5.41, 5.74) is -2.28. The number of halogens is 4. The lowest BCUT2D eigenvalue weighted by Crippen LogP contribution is -2.23. The van der Waals surface area contributed by atoms with E-state index in [1.165, 1.54) is 6.07 Å². The minimum atomic E-state index is -4.65. The van der Waals surface area contributed by atoms with Crippen LogP contribution in [-0.2, 0) is 6.18 Å². The summed E-state index contributed by atoms with van der Waals surface area (Å²) in [6.45, 7) is 8.03. The Morgan fingerprint density at radius 1 is 1.17 bits per heavy atom. The van der Waals surface area contributed by atoms with Crippen molar-refractivity contribution in [2.45, 2.75) is 32.5 Å². The predicted molar refractivity (Wildman–Crippen MR) is 62.0 cm³/mol. The molecule has 0 amide bonds. The number of hydrogen-bond donors (Lipinski definition) is 0. The van der Waals surface area contributed by atoms with Crippen LogP contribution in [0.5, 0.6) is 5.75 Å². The van der Waals surface area contributed by atoms with Crippen LogP contribution in [0.4, 0.5) is 17.6 Å². The standard InChI is InChI=1S/C13H14F4O/c1-8(14)10-6-5-9(18-12(2,3)4)7-11(10)13(15,16)17/h5-7H,1H2,2-4H3. The highest BCUT2D eigenvalue weighted by Gasteiger charge is 2.35. The molecule has 0 saturated heterocycles. The van der Waals surface area contributed by atoms with Gasteiger partial charge in [0.1, 0.15) is 17.2 Å². The summed E-state index contributed by atoms with van der Waals surface area (Å²) in [4.78, 5) is 0. The monoisotopic (exact) mass is 262 g/mol. The van der Waals surface area contributed by atoms with Gasteiger partial charge in [-0.3, -0.25) is 0 Å². The van der Waals surface area contributed by atoms with Gasteiger partial charge in [-0.1, -0.05) is 6.58 Å². The highest BCUT2D eigenvalue weighted by Crippen LogP contribution is 2.37. The highest BCUT2D eigenvalue weighted by molar-refractivity contribution is 5.62. The minimum Gasteiger partial charge on any atom is -0.488 e. The van der Waals surface area contributed by atoms with E-state index in [-0.39, 0.29) is 5.75 Å². The quantitative estimate of drug-likeness (QED) is 0.694. The SMILES string of the molecule is C=C(F)c1ccc(OC(C)(C)C)cc1C(F)(F)F. The van der Waals surface area contributed by atoms with E-state index in [4.69, 9.17) is 4.74 Å². The van der Waals surface area contributed by atoms with E-state index in [9.17, 15) is 17.6 Å². The lowest BCUT2D eigenvalue weighted by atomic mass is 10.1. The van der Waals surface area contributed by atoms with E-state index >= 15 is 0 Å². The number of ether oxygens (including phenoxy) is 1. The topological polar surface area (TPSA) is 9.23 Å². The molecule has 0 aliphatic carbocycles. The Bertz CT molecular complexity index is 455. The van der Waals surface area contributed by atoms with Crippen LogP contribution in [0.25, 0.3) is 5.83 Å². The number of benzene rings is 1. The maximum absolute atomic E-state index is 13.0. The summed E-state index contributed by atoms with van der Waals surface area (Å²) in [5, 5.41) is 0. The molecule has 0 spiro atoms. The van der Waals surface area contributed by atoms with Gasteiger partial charge in [0.05, 0.1) is 5.56 Å². The van der Waals surface area contributed by atoms with Crippen LogP contribution in [0.1, 0.15) is 31.9 Å². The van der Waals surface area contributed by atoms with E-state index < -0.39 is 28.7 Å². The van der Waals surface area contributed by atoms with Crippen LogP contribution in [0.3, 0.4) is 0 Å². The fourth-order valence-corrected chi connectivity index (χ4v) is 1.41. The van der Waals surface area contributed by atoms with E-state index in [1.54, 1.807) is 20.8 Å². The lowest BCUT2D eigenvalue weighted by molar-refractivity contribution is -0.138. The van der Waals surface area contributed by atoms with Gasteiger partial charge in [0.15, 0.2) is 0 Å². The van der Waals surface area contributed by atoms with Crippen LogP contribution in [0, 0.1) is 0 Å². The average Bonchev–Trinajstić information content (AvgIpc) is 2.13. The fraction of sp³-hybridized carbons (Fsp3) is 0.385. The second kappa shape index (κ2) is 4.63. The van der Waals surface area contributed by atoms with Gasteiger partial charge in [0.25, 0.3) is 0 Å². The van der Waals surface area contributed by atoms with Gasteiger partial charge in [-0.25, -0.2) is 4.39 Å². The molecule has 0 bridgehead atoms. The third-order valence-electron chi connectivity index (χ3n) is 2.01. The number of rotatable bonds is 2. The Balaban J connectivity index is 3.27. The largest absolute Gasteiger partial charge is 0.488 e. The molecule has 1 aromatic rings. The summed E-state index contributed by atoms with van der Waals surface area (Å²) in [6, 6.07) is 3.10. The van der Waals surface area contributed by atoms with E-state index in [0.29, 0.717) is 0 Å². The van der Waals surface area contributed by atoms with Crippen molar-refractivity contribution >= 4 is 5.83 Å². The number of alkyl halides is 3. The Morgan fingerprint density at radius 3 is 2.11 bits per heavy atom. The van der Waals surface area contributed by atoms with Crippen molar-refractivity contribution in [3.05, 3.63) is 35.9 Å². The van der Waals surface area contributed by atoms with Crippen molar-refractivity contribution in [3.8, 4) is 5.75 Å². The second-order valence-corrected chi connectivity index (χ2v) is 4.82. The third kappa shape index (κ3) is 3.75. The van der Waals surface area contributed by atoms with Gasteiger partial charge >= 0.3 is 6.18 Å². The molecule has 1 rings (SSSR count). The molecule has 0 radical (unpaired) electrons. The zero-order valence-corrected chi connectivity index (χ0v) is 10.4. The zero-order valence-electron chi connectivity index (χ0n) is 10.4. The van der Waals surface area contributed by atoms with Crippen molar-refractivity contribution in [1.82, 2.24) is 0 Å². The molecule has 1 nitrogen and oxygen atoms in total. The molecule has 0 aromatic heterocycles. The Hall–Kier alpha value is -1.52. The van der Waals surface area contributed by atoms with Crippen LogP contribution >= 0.6 is 0 Å². The molecule has 0 heterocycles. The maximum atomic E-state index is 13.0. The molecule has 0 fully saturated rings. The van der Waals surface area contributed by atoms with Gasteiger partial charge in [0, 0.05) is 5.56 Å². The normalized spacial score (nSPS) is 12.4. The molecule has 0 atom stereocenters. The fourth-order valence-electron chi connectivity index (χ4n) is 1.41. The molecule has 5 heteroatoms. The first-order valence-corrected chi connectivity index (χ1v) is 5.26. The molecule has 0 aliphatic rings. The van der Waals surface area contributed by atoms with Crippen LogP contribution < -0.4 is 4.74 Å². The molecule has 1 aromatic carbocycles. The van der Waals surface area contributed by atoms with Crippen molar-refractivity contribution in [2.24, 2.45) is 0 Å². The first-order valence-electron chi connectivity index (χ1n) is 5.26. The number of hydrogen-bond acceptors (Lipinski definition) is 1. The summed E-state index contributed by atoms with van der Waals surface area (Å²) >= 11 is 0. The van der Waals surface area contributed by atoms with Crippen LogP contribution in [0.15, 0.2) is 24.8 Å². The molecule has 18 heavy (non-hydrogen) atoms. The first-order chi connectivity index (χ1) is 8.00. The van der Waals surface area contributed by atoms with Crippen molar-refractivity contribution in [3.63, 3.8) is 0 Å². The Morgan fingerprint density at radius 2 is 1.72 bits per heavy atom. The van der Waals surface area contributed by atoms with E-state index in [0.717, 1.165) is 12.1 Å². The summed E-state index contributed by atoms with van der Waals surface area (Å²) < 4.78 is 56.6. The third-order valence-corrected chi connectivity index (χ3v) is 2.01. The van der Waals surface area contributed by atoms with Crippen molar-refractivity contribution < 1.29 is 22.3 Å². The highest BCUT2D eigenvalue weighted by atomic mass is 19.4. The molecule has 0 aliphatic heterocycles. The molecular weight excluding hydrogens is 248 g/mol. The second-order valence-electron chi connectivity index (χ2n) is 4.82. The Labute approximate surface area is 103 Å². The molecule has 100 valence electrons. The lowest BCUT2D eigenvalue weighted by Gasteiger charge is -2.22. The van der Waals surface area contributed by atoms with Crippen molar-refractivity contribution in [1.29, 1.82) is 0 Å². The van der Waals surface area contributed by atoms with Gasteiger partial charge in [-0.05, 0) is 39.0 Å². The molecule has 0 N–H and O–H groups in total. The molecule has 0 unspecified atom stereocenters. The molecule has 0 saturated carbocycles. The smallest absolute Gasteiger partial charge is 0.417 e. The van der Waals surface area contributed by atoms with Crippen LogP contribution in [0.2, 0.25) is 0 Å². The first kappa shape index (κ1) is 14.5. The van der Waals surface area contributed by atoms with Gasteiger partial charge in [-0.15, -0.1) is 0 Å². The van der Waals surface area contributed by atoms with Gasteiger partial charge < -0.3 is 4.74 Å².